The van der Waals surface area contributed by atoms with Gasteiger partial charge in [-0.15, -0.1) is 0 Å². The molecule has 0 bridgehead atoms. The van der Waals surface area contributed by atoms with Crippen LogP contribution in [0.2, 0.25) is 0 Å². The molecular formula is C7H7BrN2O. The van der Waals surface area contributed by atoms with Crippen LogP contribution in [0.5, 0.6) is 0 Å². The highest BCUT2D eigenvalue weighted by Crippen LogP contribution is 2.01. The molecule has 0 unspecified atom stereocenters. The molecule has 1 aromatic rings. The van der Waals surface area contributed by atoms with Crippen molar-refractivity contribution in [3.05, 3.63) is 40.0 Å². The maximum absolute atomic E-state index is 11.0. The van der Waals surface area contributed by atoms with Crippen LogP contribution in [-0.4, -0.2) is 9.55 Å². The van der Waals surface area contributed by atoms with E-state index in [9.17, 15) is 4.79 Å². The van der Waals surface area contributed by atoms with Crippen LogP contribution < -0.4 is 5.56 Å². The van der Waals surface area contributed by atoms with Crippen LogP contribution in [0, 0.1) is 0 Å². The highest BCUT2D eigenvalue weighted by molar-refractivity contribution is 9.11. The van der Waals surface area contributed by atoms with Gasteiger partial charge in [0.05, 0.1) is 12.9 Å². The number of aromatic nitrogens is 2. The fraction of sp³-hybridized carbons (Fsp3) is 0.143. The minimum absolute atomic E-state index is 0.0689. The zero-order valence-corrected chi connectivity index (χ0v) is 7.41. The summed E-state index contributed by atoms with van der Waals surface area (Å²) in [6.07, 6.45) is 2.95. The van der Waals surface area contributed by atoms with Crippen molar-refractivity contribution < 1.29 is 0 Å². The third-order valence-corrected chi connectivity index (χ3v) is 1.38. The van der Waals surface area contributed by atoms with E-state index in [1.165, 1.54) is 23.2 Å². The van der Waals surface area contributed by atoms with Crippen molar-refractivity contribution in [2.24, 2.45) is 0 Å². The van der Waals surface area contributed by atoms with Crippen LogP contribution in [0.1, 0.15) is 0 Å². The van der Waals surface area contributed by atoms with E-state index >= 15 is 0 Å². The molecule has 0 saturated carbocycles. The van der Waals surface area contributed by atoms with Crippen molar-refractivity contribution in [2.75, 3.05) is 0 Å². The predicted octanol–water partition coefficient (Wildman–Crippen LogP) is 1.15. The molecule has 0 radical (unpaired) electrons. The molecule has 1 rings (SSSR count). The molecule has 0 aliphatic carbocycles. The van der Waals surface area contributed by atoms with Crippen molar-refractivity contribution in [2.45, 2.75) is 6.54 Å². The third kappa shape index (κ3) is 2.31. The largest absolute Gasteiger partial charge is 0.294 e. The fourth-order valence-electron chi connectivity index (χ4n) is 0.682. The number of rotatable bonds is 2. The van der Waals surface area contributed by atoms with E-state index in [0.717, 1.165) is 4.48 Å². The van der Waals surface area contributed by atoms with Crippen LogP contribution in [0.3, 0.4) is 0 Å². The van der Waals surface area contributed by atoms with Gasteiger partial charge < -0.3 is 0 Å². The molecular weight excluding hydrogens is 208 g/mol. The molecule has 4 heteroatoms. The summed E-state index contributed by atoms with van der Waals surface area (Å²) in [5.74, 6) is 0. The predicted molar refractivity (Wildman–Crippen MR) is 46.6 cm³/mol. The number of hydrogen-bond acceptors (Lipinski definition) is 2. The summed E-state index contributed by atoms with van der Waals surface area (Å²) >= 11 is 3.16. The van der Waals surface area contributed by atoms with Gasteiger partial charge in [-0.2, -0.15) is 0 Å². The molecule has 0 N–H and O–H groups in total. The Morgan fingerprint density at radius 1 is 1.82 bits per heavy atom. The van der Waals surface area contributed by atoms with Gasteiger partial charge in [0.1, 0.15) is 0 Å². The number of hydrogen-bond donors (Lipinski definition) is 0. The summed E-state index contributed by atoms with van der Waals surface area (Å²) in [4.78, 5) is 14.8. The van der Waals surface area contributed by atoms with Gasteiger partial charge in [-0.05, 0) is 0 Å². The van der Waals surface area contributed by atoms with Gasteiger partial charge in [-0.3, -0.25) is 9.36 Å². The third-order valence-electron chi connectivity index (χ3n) is 1.13. The molecule has 0 saturated heterocycles. The average molecular weight is 215 g/mol. The quantitative estimate of drug-likeness (QED) is 0.741. The minimum atomic E-state index is -0.0689. The maximum atomic E-state index is 11.0. The van der Waals surface area contributed by atoms with E-state index in [1.807, 2.05) is 0 Å². The molecule has 1 heterocycles. The second kappa shape index (κ2) is 3.48. The summed E-state index contributed by atoms with van der Waals surface area (Å²) in [5, 5.41) is 0. The smallest absolute Gasteiger partial charge is 0.253 e. The van der Waals surface area contributed by atoms with E-state index in [0.29, 0.717) is 6.54 Å². The lowest BCUT2D eigenvalue weighted by Gasteiger charge is -2.00. The van der Waals surface area contributed by atoms with E-state index in [-0.39, 0.29) is 5.56 Å². The zero-order valence-electron chi connectivity index (χ0n) is 5.83. The summed E-state index contributed by atoms with van der Waals surface area (Å²) < 4.78 is 2.23. The lowest BCUT2D eigenvalue weighted by Crippen LogP contribution is -2.18. The molecule has 11 heavy (non-hydrogen) atoms. The average Bonchev–Trinajstić information content (AvgIpc) is 1.93. The molecule has 1 aromatic heterocycles. The van der Waals surface area contributed by atoms with E-state index in [4.69, 9.17) is 0 Å². The SMILES string of the molecule is C=C(Br)Cn1cnccc1=O. The summed E-state index contributed by atoms with van der Waals surface area (Å²) in [7, 11) is 0. The summed E-state index contributed by atoms with van der Waals surface area (Å²) in [6.45, 7) is 4.09. The van der Waals surface area contributed by atoms with Crippen molar-refractivity contribution >= 4 is 15.9 Å². The van der Waals surface area contributed by atoms with Gasteiger partial charge in [0, 0.05) is 16.7 Å². The Labute approximate surface area is 72.5 Å². The standard InChI is InChI=1S/C7H7BrN2O/c1-6(8)4-10-5-9-3-2-7(10)11/h2-3,5H,1,4H2. The molecule has 0 aliphatic rings. The molecule has 0 amide bonds. The Hall–Kier alpha value is -0.900. The molecule has 58 valence electrons. The Morgan fingerprint density at radius 2 is 2.55 bits per heavy atom. The van der Waals surface area contributed by atoms with Crippen LogP contribution in [0.15, 0.2) is 34.4 Å². The molecule has 0 aromatic carbocycles. The monoisotopic (exact) mass is 214 g/mol. The van der Waals surface area contributed by atoms with E-state index in [1.54, 1.807) is 0 Å². The number of nitrogens with zero attached hydrogens (tertiary/aromatic N) is 2. The maximum Gasteiger partial charge on any atom is 0.253 e. The zero-order chi connectivity index (χ0) is 8.27. The highest BCUT2D eigenvalue weighted by atomic mass is 79.9. The Balaban J connectivity index is 2.95. The van der Waals surface area contributed by atoms with Gasteiger partial charge in [-0.1, -0.05) is 22.5 Å². The molecule has 0 aliphatic heterocycles. The van der Waals surface area contributed by atoms with Crippen molar-refractivity contribution in [3.8, 4) is 0 Å². The topological polar surface area (TPSA) is 34.9 Å². The lowest BCUT2D eigenvalue weighted by molar-refractivity contribution is 0.749. The first-order valence-electron chi connectivity index (χ1n) is 3.04. The van der Waals surface area contributed by atoms with Gasteiger partial charge in [0.25, 0.3) is 5.56 Å². The highest BCUT2D eigenvalue weighted by Gasteiger charge is 1.93. The van der Waals surface area contributed by atoms with Gasteiger partial charge in [0.15, 0.2) is 0 Å². The first-order chi connectivity index (χ1) is 5.20. The molecule has 3 nitrogen and oxygen atoms in total. The van der Waals surface area contributed by atoms with Gasteiger partial charge in [-0.25, -0.2) is 4.98 Å². The summed E-state index contributed by atoms with van der Waals surface area (Å²) in [5.41, 5.74) is -0.0689. The van der Waals surface area contributed by atoms with E-state index < -0.39 is 0 Å². The fourth-order valence-corrected chi connectivity index (χ4v) is 0.952. The normalized spacial score (nSPS) is 9.55. The van der Waals surface area contributed by atoms with E-state index in [2.05, 4.69) is 27.5 Å². The second-order valence-electron chi connectivity index (χ2n) is 2.06. The number of allylic oxidation sites excluding steroid dienone is 1. The molecule has 0 atom stereocenters. The van der Waals surface area contributed by atoms with Crippen molar-refractivity contribution in [1.29, 1.82) is 0 Å². The minimum Gasteiger partial charge on any atom is -0.294 e. The Kier molecular flexibility index (Phi) is 2.59. The van der Waals surface area contributed by atoms with Crippen LogP contribution in [0.25, 0.3) is 0 Å². The Bertz CT molecular complexity index is 318. The van der Waals surface area contributed by atoms with Crippen LogP contribution in [0.4, 0.5) is 0 Å². The van der Waals surface area contributed by atoms with Crippen molar-refractivity contribution in [1.82, 2.24) is 9.55 Å². The van der Waals surface area contributed by atoms with Crippen LogP contribution >= 0.6 is 15.9 Å². The van der Waals surface area contributed by atoms with Gasteiger partial charge >= 0.3 is 0 Å². The summed E-state index contributed by atoms with van der Waals surface area (Å²) in [6, 6.07) is 1.41. The van der Waals surface area contributed by atoms with Crippen LogP contribution in [-0.2, 0) is 6.54 Å². The first kappa shape index (κ1) is 8.20. The Morgan fingerprint density at radius 3 is 3.09 bits per heavy atom. The molecule has 0 fully saturated rings. The molecule has 0 spiro atoms. The van der Waals surface area contributed by atoms with Crippen molar-refractivity contribution in [3.63, 3.8) is 0 Å². The second-order valence-corrected chi connectivity index (χ2v) is 3.19. The first-order valence-corrected chi connectivity index (χ1v) is 3.83. The number of halogens is 1. The lowest BCUT2D eigenvalue weighted by atomic mass is 10.5. The van der Waals surface area contributed by atoms with Gasteiger partial charge in [0.2, 0.25) is 0 Å².